The van der Waals surface area contributed by atoms with E-state index in [9.17, 15) is 0 Å². The first-order valence-corrected chi connectivity index (χ1v) is 34.6. The van der Waals surface area contributed by atoms with E-state index in [1.54, 1.807) is 18.2 Å². The Kier molecular flexibility index (Phi) is 21.1. The second-order valence-corrected chi connectivity index (χ2v) is 25.5. The molecule has 2 heterocycles. The van der Waals surface area contributed by atoms with Crippen LogP contribution in [0.1, 0.15) is 0 Å². The van der Waals surface area contributed by atoms with Crippen molar-refractivity contribution in [3.63, 3.8) is 0 Å². The third-order valence-electron chi connectivity index (χ3n) is 17.7. The van der Waals surface area contributed by atoms with Gasteiger partial charge in [-0.1, -0.05) is 339 Å². The smallest absolute Gasteiger partial charge is 0.423 e. The Labute approximate surface area is 610 Å². The predicted molar refractivity (Wildman–Crippen MR) is 426 cm³/mol. The molecule has 2 aromatic heterocycles. The lowest BCUT2D eigenvalue weighted by molar-refractivity contribution is 0.426. The van der Waals surface area contributed by atoms with Gasteiger partial charge in [-0.15, -0.1) is 0 Å². The molecule has 102 heavy (non-hydrogen) atoms. The van der Waals surface area contributed by atoms with Crippen molar-refractivity contribution in [3.05, 3.63) is 392 Å². The molecule has 0 saturated heterocycles. The first-order valence-electron chi connectivity index (χ1n) is 33.4. The van der Waals surface area contributed by atoms with Gasteiger partial charge in [-0.05, 0) is 182 Å². The van der Waals surface area contributed by atoms with Crippen LogP contribution in [0.25, 0.3) is 145 Å². The van der Waals surface area contributed by atoms with Gasteiger partial charge in [0.25, 0.3) is 0 Å². The van der Waals surface area contributed by atoms with E-state index in [0.29, 0.717) is 16.3 Å². The Balaban J connectivity index is 0.000000142. The molecule has 14 aromatic carbocycles. The Morgan fingerprint density at radius 3 is 0.598 bits per heavy atom. The zero-order valence-electron chi connectivity index (χ0n) is 55.2. The number of halogens is 3. The van der Waals surface area contributed by atoms with E-state index in [1.165, 1.54) is 72.3 Å². The van der Waals surface area contributed by atoms with Crippen LogP contribution in [0.5, 0.6) is 0 Å². The molecule has 6 nitrogen and oxygen atoms in total. The van der Waals surface area contributed by atoms with E-state index >= 15 is 0 Å². The molecule has 0 aliphatic carbocycles. The first-order chi connectivity index (χ1) is 50.0. The topological polar surface area (TPSA) is 92.0 Å². The van der Waals surface area contributed by atoms with Crippen LogP contribution in [0.15, 0.2) is 376 Å². The van der Waals surface area contributed by atoms with Gasteiger partial charge in [-0.3, -0.25) is 0 Å². The summed E-state index contributed by atoms with van der Waals surface area (Å²) in [6.07, 6.45) is 0. The fourth-order valence-electron chi connectivity index (χ4n) is 12.4. The Morgan fingerprint density at radius 1 is 0.176 bits per heavy atom. The summed E-state index contributed by atoms with van der Waals surface area (Å²) in [5.74, 6) is 0. The standard InChI is InChI=1S/C46H31ClN2.C28H18Cl2N2.C18H15BO2/c47-46-48-44(36-24-20-34(21-25-36)40-16-7-14-38(28-40)32-10-3-1-4-11-32)31-45(49-46)37-26-22-35(23-27-37)41-17-9-19-43(30-41)42-18-8-15-39(29-42)33-12-5-2-6-13-33;29-27-18-26(31-28(30)32-27)21-14-12-20(13-15-21)23-9-5-11-25(17-23)24-10-4-8-22(16-24)19-6-2-1-3-7-19;20-19(21)18-11-9-15(10-12-18)17-8-4-7-16(13-17)14-5-2-1-3-6-14/h1-31H;1-18H;1-13,20-21H. The molecule has 16 rings (SSSR count). The first kappa shape index (κ1) is 67.3. The fourth-order valence-corrected chi connectivity index (χ4v) is 13.0. The molecule has 0 saturated carbocycles. The maximum Gasteiger partial charge on any atom is 0.488 e. The highest BCUT2D eigenvalue weighted by atomic mass is 35.5. The Morgan fingerprint density at radius 2 is 0.363 bits per heavy atom. The van der Waals surface area contributed by atoms with E-state index in [1.807, 2.05) is 72.8 Å². The molecular formula is C92H64BCl3N4O2. The average Bonchev–Trinajstić information content (AvgIpc) is 0.816. The predicted octanol–water partition coefficient (Wildman–Crippen LogP) is 24.0. The molecule has 488 valence electrons. The molecule has 0 atom stereocenters. The normalized spacial score (nSPS) is 10.8. The number of benzene rings is 14. The molecule has 0 spiro atoms. The van der Waals surface area contributed by atoms with Gasteiger partial charge in [0, 0.05) is 22.8 Å². The lowest BCUT2D eigenvalue weighted by atomic mass is 9.80. The lowest BCUT2D eigenvalue weighted by Gasteiger charge is -2.10. The van der Waals surface area contributed by atoms with Crippen LogP contribution in [0.4, 0.5) is 0 Å². The second kappa shape index (κ2) is 32.0. The molecule has 2 N–H and O–H groups in total. The summed E-state index contributed by atoms with van der Waals surface area (Å²) in [7, 11) is -1.42. The van der Waals surface area contributed by atoms with Crippen LogP contribution in [0, 0.1) is 0 Å². The second-order valence-electron chi connectivity index (χ2n) is 24.4. The van der Waals surface area contributed by atoms with Crippen LogP contribution in [0.3, 0.4) is 0 Å². The fraction of sp³-hybridized carbons (Fsp3) is 0. The van der Waals surface area contributed by atoms with E-state index in [2.05, 4.69) is 305 Å². The van der Waals surface area contributed by atoms with Crippen molar-refractivity contribution in [2.24, 2.45) is 0 Å². The van der Waals surface area contributed by atoms with E-state index in [-0.39, 0.29) is 10.6 Å². The largest absolute Gasteiger partial charge is 0.488 e. The van der Waals surface area contributed by atoms with E-state index in [4.69, 9.17) is 44.9 Å². The van der Waals surface area contributed by atoms with Crippen LogP contribution in [-0.4, -0.2) is 37.1 Å². The Hall–Kier alpha value is -11.9. The third kappa shape index (κ3) is 16.7. The maximum absolute atomic E-state index is 9.13. The number of nitrogens with zero attached hydrogens (tertiary/aromatic N) is 4. The summed E-state index contributed by atoms with van der Waals surface area (Å²) >= 11 is 18.4. The summed E-state index contributed by atoms with van der Waals surface area (Å²) in [4.78, 5) is 17.3. The van der Waals surface area contributed by atoms with Crippen molar-refractivity contribution >= 4 is 47.4 Å². The van der Waals surface area contributed by atoms with Crippen LogP contribution in [-0.2, 0) is 0 Å². The van der Waals surface area contributed by atoms with Crippen LogP contribution in [0.2, 0.25) is 15.7 Å². The molecule has 0 amide bonds. The lowest BCUT2D eigenvalue weighted by Crippen LogP contribution is -2.29. The van der Waals surface area contributed by atoms with Gasteiger partial charge in [0.05, 0.1) is 17.1 Å². The van der Waals surface area contributed by atoms with Crippen molar-refractivity contribution in [2.75, 3.05) is 0 Å². The van der Waals surface area contributed by atoms with Gasteiger partial charge in [0.1, 0.15) is 5.15 Å². The monoisotopic (exact) mass is 1370 g/mol. The third-order valence-corrected chi connectivity index (χ3v) is 18.3. The quantitative estimate of drug-likeness (QED) is 0.0640. The van der Waals surface area contributed by atoms with Gasteiger partial charge in [-0.25, -0.2) is 19.9 Å². The van der Waals surface area contributed by atoms with E-state index < -0.39 is 7.12 Å². The molecule has 0 aliphatic heterocycles. The number of aromatic nitrogens is 4. The molecule has 0 radical (unpaired) electrons. The minimum Gasteiger partial charge on any atom is -0.423 e. The molecule has 0 fully saturated rings. The minimum absolute atomic E-state index is 0.141. The zero-order chi connectivity index (χ0) is 69.6. The summed E-state index contributed by atoms with van der Waals surface area (Å²) in [5.41, 5.74) is 29.1. The van der Waals surface area contributed by atoms with Gasteiger partial charge in [0.15, 0.2) is 0 Å². The highest BCUT2D eigenvalue weighted by Crippen LogP contribution is 2.36. The summed E-state index contributed by atoms with van der Waals surface area (Å²) in [6.45, 7) is 0. The van der Waals surface area contributed by atoms with Crippen molar-refractivity contribution in [1.82, 2.24) is 19.9 Å². The SMILES string of the molecule is Clc1cc(-c2ccc(-c3cccc(-c4cccc(-c5ccccc5)c4)c3)cc2)nc(Cl)n1.Clc1nc(-c2ccc(-c3cccc(-c4ccccc4)c3)cc2)cc(-c2ccc(-c3cccc(-c4cccc(-c5ccccc5)c4)c3)cc2)n1.OB(O)c1ccc(-c2cccc(-c3ccccc3)c2)cc1. The van der Waals surface area contributed by atoms with Crippen molar-refractivity contribution in [3.8, 4) is 145 Å². The molecule has 0 aliphatic rings. The summed E-state index contributed by atoms with van der Waals surface area (Å²) in [5, 5.41) is 19.0. The minimum atomic E-state index is -1.42. The zero-order valence-corrected chi connectivity index (χ0v) is 57.5. The van der Waals surface area contributed by atoms with E-state index in [0.717, 1.165) is 67.0 Å². The molecular weight excluding hydrogens is 1310 g/mol. The average molecular weight is 1370 g/mol. The van der Waals surface area contributed by atoms with Crippen molar-refractivity contribution in [1.29, 1.82) is 0 Å². The summed E-state index contributed by atoms with van der Waals surface area (Å²) in [6, 6.07) is 129. The maximum atomic E-state index is 9.13. The van der Waals surface area contributed by atoms with Crippen molar-refractivity contribution < 1.29 is 10.0 Å². The van der Waals surface area contributed by atoms with Gasteiger partial charge >= 0.3 is 7.12 Å². The van der Waals surface area contributed by atoms with Gasteiger partial charge < -0.3 is 10.0 Å². The van der Waals surface area contributed by atoms with Crippen LogP contribution < -0.4 is 5.46 Å². The Bertz CT molecular complexity index is 5480. The highest BCUT2D eigenvalue weighted by Gasteiger charge is 2.14. The molecule has 16 aromatic rings. The number of rotatable bonds is 14. The van der Waals surface area contributed by atoms with Gasteiger partial charge in [0.2, 0.25) is 10.6 Å². The molecule has 0 unspecified atom stereocenters. The highest BCUT2D eigenvalue weighted by molar-refractivity contribution is 6.58. The number of hydrogen-bond acceptors (Lipinski definition) is 6. The molecule has 10 heteroatoms. The summed E-state index contributed by atoms with van der Waals surface area (Å²) < 4.78 is 0. The van der Waals surface area contributed by atoms with Crippen LogP contribution >= 0.6 is 34.8 Å². The van der Waals surface area contributed by atoms with Crippen molar-refractivity contribution in [2.45, 2.75) is 0 Å². The van der Waals surface area contributed by atoms with Gasteiger partial charge in [-0.2, -0.15) is 0 Å². The molecule has 0 bridgehead atoms. The number of hydrogen-bond donors (Lipinski definition) is 2.